The summed E-state index contributed by atoms with van der Waals surface area (Å²) in [5, 5.41) is 0.651. The second kappa shape index (κ2) is 8.64. The molecule has 0 radical (unpaired) electrons. The van der Waals surface area contributed by atoms with Crippen LogP contribution in [0.15, 0.2) is 52.4 Å². The molecule has 2 aromatic carbocycles. The maximum absolute atomic E-state index is 13.3. The van der Waals surface area contributed by atoms with Gasteiger partial charge in [-0.15, -0.1) is 0 Å². The van der Waals surface area contributed by atoms with E-state index in [0.29, 0.717) is 33.9 Å². The Morgan fingerprint density at radius 2 is 2.03 bits per heavy atom. The molecule has 1 amide bonds. The molecule has 0 aromatic heterocycles. The smallest absolute Gasteiger partial charge is 0.266 e. The maximum Gasteiger partial charge on any atom is 0.266 e. The normalized spacial score (nSPS) is 22.7. The Morgan fingerprint density at radius 1 is 1.23 bits per heavy atom. The van der Waals surface area contributed by atoms with E-state index in [2.05, 4.69) is 0 Å². The molecule has 0 N–H and O–H groups in total. The fourth-order valence-corrected chi connectivity index (χ4v) is 4.73. The topological polar surface area (TPSA) is 69.6 Å². The number of fused-ring (bicyclic) bond motifs is 1. The lowest BCUT2D eigenvalue weighted by Crippen LogP contribution is -2.36. The third-order valence-electron chi connectivity index (χ3n) is 5.29. The summed E-state index contributed by atoms with van der Waals surface area (Å²) in [6.45, 7) is 1.41. The number of amidine groups is 1. The minimum absolute atomic E-state index is 0.0324. The van der Waals surface area contributed by atoms with Crippen molar-refractivity contribution in [3.63, 3.8) is 0 Å². The minimum atomic E-state index is -0.0881. The number of nitrogens with zero attached hydrogens (tertiary/aromatic N) is 2. The highest BCUT2D eigenvalue weighted by Crippen LogP contribution is 2.41. The summed E-state index contributed by atoms with van der Waals surface area (Å²) in [5.41, 5.74) is 1.55. The summed E-state index contributed by atoms with van der Waals surface area (Å²) in [5.74, 6) is 1.80. The average molecular weight is 439 g/mol. The molecule has 2 aromatic rings. The molecule has 1 atom stereocenters. The molecule has 3 aliphatic heterocycles. The molecule has 1 unspecified atom stereocenters. The Kier molecular flexibility index (Phi) is 5.57. The second-order valence-corrected chi connectivity index (χ2v) is 8.35. The summed E-state index contributed by atoms with van der Waals surface area (Å²) in [4.78, 5) is 20.4. The molecule has 0 bridgehead atoms. The van der Waals surface area contributed by atoms with E-state index in [1.54, 1.807) is 18.1 Å². The predicted molar refractivity (Wildman–Crippen MR) is 119 cm³/mol. The molecular weight excluding hydrogens is 416 g/mol. The van der Waals surface area contributed by atoms with Gasteiger partial charge in [-0.05, 0) is 48.9 Å². The Bertz CT molecular complexity index is 1050. The van der Waals surface area contributed by atoms with Crippen molar-refractivity contribution < 1.29 is 23.7 Å². The van der Waals surface area contributed by atoms with Gasteiger partial charge >= 0.3 is 0 Å². The van der Waals surface area contributed by atoms with Gasteiger partial charge in [0.05, 0.1) is 30.4 Å². The van der Waals surface area contributed by atoms with Crippen LogP contribution in [0.3, 0.4) is 0 Å². The van der Waals surface area contributed by atoms with Crippen LogP contribution in [-0.4, -0.2) is 49.1 Å². The van der Waals surface area contributed by atoms with Crippen LogP contribution in [0, 0.1) is 0 Å². The zero-order valence-electron chi connectivity index (χ0n) is 17.1. The quantitative estimate of drug-likeness (QED) is 0.652. The van der Waals surface area contributed by atoms with Gasteiger partial charge in [0, 0.05) is 18.2 Å². The van der Waals surface area contributed by atoms with Gasteiger partial charge in [0.2, 0.25) is 6.79 Å². The van der Waals surface area contributed by atoms with Crippen LogP contribution in [-0.2, 0) is 9.53 Å². The number of amides is 1. The van der Waals surface area contributed by atoms with Crippen molar-refractivity contribution in [3.05, 3.63) is 52.9 Å². The van der Waals surface area contributed by atoms with E-state index in [-0.39, 0.29) is 18.8 Å². The van der Waals surface area contributed by atoms with Crippen LogP contribution in [0.4, 0.5) is 5.69 Å². The monoisotopic (exact) mass is 438 g/mol. The number of benzene rings is 2. The second-order valence-electron chi connectivity index (χ2n) is 7.34. The maximum atomic E-state index is 13.3. The molecule has 7 nitrogen and oxygen atoms in total. The molecule has 3 aliphatic rings. The Morgan fingerprint density at radius 3 is 2.77 bits per heavy atom. The number of carbonyl (C=O) groups excluding carboxylic acids is 1. The molecule has 5 rings (SSSR count). The summed E-state index contributed by atoms with van der Waals surface area (Å²) in [6.07, 6.45) is 3.82. The number of rotatable bonds is 5. The van der Waals surface area contributed by atoms with Crippen LogP contribution in [0.25, 0.3) is 6.08 Å². The molecule has 2 saturated heterocycles. The number of ether oxygens (including phenoxy) is 4. The summed E-state index contributed by atoms with van der Waals surface area (Å²) >= 11 is 1.36. The van der Waals surface area contributed by atoms with Crippen LogP contribution < -0.4 is 14.2 Å². The molecule has 0 aliphatic carbocycles. The van der Waals surface area contributed by atoms with Crippen molar-refractivity contribution >= 4 is 34.6 Å². The first kappa shape index (κ1) is 20.0. The number of hydrogen-bond donors (Lipinski definition) is 0. The summed E-state index contributed by atoms with van der Waals surface area (Å²) < 4.78 is 22.2. The number of carbonyl (C=O) groups is 1. The van der Waals surface area contributed by atoms with Crippen LogP contribution >= 0.6 is 11.8 Å². The van der Waals surface area contributed by atoms with Crippen molar-refractivity contribution in [2.24, 2.45) is 4.99 Å². The number of hydrogen-bond acceptors (Lipinski definition) is 7. The average Bonchev–Trinajstić information content (AvgIpc) is 3.52. The van der Waals surface area contributed by atoms with Gasteiger partial charge in [-0.25, -0.2) is 4.99 Å². The van der Waals surface area contributed by atoms with Gasteiger partial charge < -0.3 is 18.9 Å². The molecule has 31 heavy (non-hydrogen) atoms. The first-order valence-corrected chi connectivity index (χ1v) is 11.0. The van der Waals surface area contributed by atoms with Gasteiger partial charge in [-0.2, -0.15) is 0 Å². The SMILES string of the molecule is COc1cc2c(cc1/C=C1/SC(=Nc3ccccc3)N(CC3CCCO3)C1=O)OCO2. The molecular formula is C23H22N2O5S. The minimum Gasteiger partial charge on any atom is -0.496 e. The van der Waals surface area contributed by atoms with Gasteiger partial charge in [0.25, 0.3) is 5.91 Å². The summed E-state index contributed by atoms with van der Waals surface area (Å²) in [6, 6.07) is 13.3. The Balaban J connectivity index is 1.49. The predicted octanol–water partition coefficient (Wildman–Crippen LogP) is 4.21. The molecule has 160 valence electrons. The Hall–Kier alpha value is -2.97. The standard InChI is InChI=1S/C23H22N2O5S/c1-27-18-12-20-19(29-14-30-20)10-15(18)11-21-22(26)25(13-17-8-5-9-28-17)23(31-21)24-16-6-3-2-4-7-16/h2-4,6-7,10-12,17H,5,8-9,13-14H2,1H3/b21-11+,24-23?. The molecule has 3 heterocycles. The molecule has 0 saturated carbocycles. The van der Waals surface area contributed by atoms with E-state index < -0.39 is 0 Å². The van der Waals surface area contributed by atoms with Crippen molar-refractivity contribution in [1.29, 1.82) is 0 Å². The third-order valence-corrected chi connectivity index (χ3v) is 6.30. The van der Waals surface area contributed by atoms with Crippen molar-refractivity contribution in [2.75, 3.05) is 27.1 Å². The number of aliphatic imine (C=N–C) groups is 1. The van der Waals surface area contributed by atoms with Crippen LogP contribution in [0.5, 0.6) is 17.2 Å². The van der Waals surface area contributed by atoms with Gasteiger partial charge in [-0.1, -0.05) is 18.2 Å². The zero-order chi connectivity index (χ0) is 21.2. The number of para-hydroxylation sites is 1. The highest BCUT2D eigenvalue weighted by atomic mass is 32.2. The summed E-state index contributed by atoms with van der Waals surface area (Å²) in [7, 11) is 1.59. The van der Waals surface area contributed by atoms with E-state index in [4.69, 9.17) is 23.9 Å². The van der Waals surface area contributed by atoms with Crippen LogP contribution in [0.2, 0.25) is 0 Å². The molecule has 2 fully saturated rings. The fraction of sp³-hybridized carbons (Fsp3) is 0.304. The van der Waals surface area contributed by atoms with Crippen molar-refractivity contribution in [2.45, 2.75) is 18.9 Å². The van der Waals surface area contributed by atoms with Gasteiger partial charge in [0.1, 0.15) is 5.75 Å². The van der Waals surface area contributed by atoms with E-state index >= 15 is 0 Å². The largest absolute Gasteiger partial charge is 0.496 e. The van der Waals surface area contributed by atoms with Gasteiger partial charge in [0.15, 0.2) is 16.7 Å². The first-order valence-electron chi connectivity index (χ1n) is 10.2. The lowest BCUT2D eigenvalue weighted by molar-refractivity contribution is -0.123. The van der Waals surface area contributed by atoms with Crippen LogP contribution in [0.1, 0.15) is 18.4 Å². The lowest BCUT2D eigenvalue weighted by Gasteiger charge is -2.19. The van der Waals surface area contributed by atoms with E-state index in [9.17, 15) is 4.79 Å². The van der Waals surface area contributed by atoms with E-state index in [1.807, 2.05) is 42.5 Å². The third kappa shape index (κ3) is 4.13. The Labute approximate surface area is 184 Å². The van der Waals surface area contributed by atoms with E-state index in [1.165, 1.54) is 11.8 Å². The zero-order valence-corrected chi connectivity index (χ0v) is 17.9. The van der Waals surface area contributed by atoms with Gasteiger partial charge in [-0.3, -0.25) is 9.69 Å². The molecule has 0 spiro atoms. The van der Waals surface area contributed by atoms with E-state index in [0.717, 1.165) is 30.7 Å². The number of methoxy groups -OCH3 is 1. The first-order chi connectivity index (χ1) is 15.2. The van der Waals surface area contributed by atoms with Crippen molar-refractivity contribution in [3.8, 4) is 17.2 Å². The highest BCUT2D eigenvalue weighted by Gasteiger charge is 2.36. The highest BCUT2D eigenvalue weighted by molar-refractivity contribution is 8.18. The fourth-order valence-electron chi connectivity index (χ4n) is 3.73. The molecule has 8 heteroatoms. The number of thioether (sulfide) groups is 1. The lowest BCUT2D eigenvalue weighted by atomic mass is 10.1. The van der Waals surface area contributed by atoms with Crippen molar-refractivity contribution in [1.82, 2.24) is 4.90 Å².